The van der Waals surface area contributed by atoms with Gasteiger partial charge in [0.1, 0.15) is 0 Å². The Hall–Kier alpha value is -3.54. The summed E-state index contributed by atoms with van der Waals surface area (Å²) in [5.41, 5.74) is 7.65. The van der Waals surface area contributed by atoms with E-state index in [-0.39, 0.29) is 36.0 Å². The van der Waals surface area contributed by atoms with Gasteiger partial charge < -0.3 is 0 Å². The second-order valence-corrected chi connectivity index (χ2v) is 9.63. The zero-order valence-electron chi connectivity index (χ0n) is 21.8. The van der Waals surface area contributed by atoms with Gasteiger partial charge in [-0.25, -0.2) is 9.80 Å². The van der Waals surface area contributed by atoms with Gasteiger partial charge in [-0.3, -0.25) is 19.2 Å². The van der Waals surface area contributed by atoms with Gasteiger partial charge in [0.05, 0.1) is 11.4 Å². The first-order chi connectivity index (χ1) is 17.2. The Balaban J connectivity index is 1.75. The van der Waals surface area contributed by atoms with Gasteiger partial charge in [0.15, 0.2) is 0 Å². The average Bonchev–Trinajstić information content (AvgIpc) is 3.33. The molecule has 0 radical (unpaired) electrons. The topological polar surface area (TPSA) is 74.8 Å². The Kier molecular flexibility index (Phi) is 7.25. The van der Waals surface area contributed by atoms with Crippen LogP contribution < -0.4 is 9.80 Å². The standard InChI is InChI=1S/C30H34N2O4/c1-6-21-14-19(15-22(7-2)28(21)31-25(33)10-11-26(31)34)13-20-16-23(8-3)29(24(9-4)17-20)32-27(35)12-18(5)30(32)36/h10-11,14-18H,6-9,12-13H2,1-5H3. The number of aryl methyl sites for hydroxylation is 4. The van der Waals surface area contributed by atoms with Crippen LogP contribution in [0.3, 0.4) is 0 Å². The fourth-order valence-electron chi connectivity index (χ4n) is 5.40. The van der Waals surface area contributed by atoms with E-state index in [2.05, 4.69) is 24.3 Å². The van der Waals surface area contributed by atoms with E-state index >= 15 is 0 Å². The van der Waals surface area contributed by atoms with E-state index < -0.39 is 0 Å². The number of imide groups is 2. The molecule has 188 valence electrons. The zero-order chi connectivity index (χ0) is 26.1. The fourth-order valence-corrected chi connectivity index (χ4v) is 5.40. The molecule has 1 atom stereocenters. The maximum absolute atomic E-state index is 12.8. The lowest BCUT2D eigenvalue weighted by Gasteiger charge is -2.24. The number of hydrogen-bond acceptors (Lipinski definition) is 4. The summed E-state index contributed by atoms with van der Waals surface area (Å²) in [6.45, 7) is 9.97. The third-order valence-corrected chi connectivity index (χ3v) is 7.22. The molecule has 0 bridgehead atoms. The molecule has 2 heterocycles. The van der Waals surface area contributed by atoms with Crippen molar-refractivity contribution in [3.63, 3.8) is 0 Å². The summed E-state index contributed by atoms with van der Waals surface area (Å²) < 4.78 is 0. The normalized spacial score (nSPS) is 17.8. The van der Waals surface area contributed by atoms with Crippen molar-refractivity contribution in [3.05, 3.63) is 69.8 Å². The van der Waals surface area contributed by atoms with Gasteiger partial charge in [-0.2, -0.15) is 0 Å². The maximum atomic E-state index is 12.8. The molecule has 0 aromatic heterocycles. The minimum atomic E-state index is -0.298. The molecule has 36 heavy (non-hydrogen) atoms. The number of hydrogen-bond donors (Lipinski definition) is 0. The Bertz CT molecular complexity index is 1220. The number of nitrogens with zero attached hydrogens (tertiary/aromatic N) is 2. The van der Waals surface area contributed by atoms with E-state index in [0.29, 0.717) is 37.8 Å². The van der Waals surface area contributed by atoms with Crippen LogP contribution in [0, 0.1) is 5.92 Å². The first kappa shape index (κ1) is 25.5. The summed E-state index contributed by atoms with van der Waals surface area (Å²) in [6.07, 6.45) is 6.42. The number of carbonyl (C=O) groups excluding carboxylic acids is 4. The van der Waals surface area contributed by atoms with Crippen LogP contribution >= 0.6 is 0 Å². The van der Waals surface area contributed by atoms with Crippen LogP contribution in [0.25, 0.3) is 0 Å². The van der Waals surface area contributed by atoms with Gasteiger partial charge in [0.2, 0.25) is 11.8 Å². The van der Waals surface area contributed by atoms with Gasteiger partial charge in [-0.05, 0) is 65.5 Å². The Morgan fingerprint density at radius 2 is 1.06 bits per heavy atom. The smallest absolute Gasteiger partial charge is 0.258 e. The molecule has 0 saturated carbocycles. The number of benzene rings is 2. The fraction of sp³-hybridized carbons (Fsp3) is 0.400. The van der Waals surface area contributed by atoms with Crippen molar-refractivity contribution in [2.45, 2.75) is 73.1 Å². The highest BCUT2D eigenvalue weighted by atomic mass is 16.2. The van der Waals surface area contributed by atoms with Crippen LogP contribution in [0.4, 0.5) is 11.4 Å². The summed E-state index contributed by atoms with van der Waals surface area (Å²) in [6, 6.07) is 8.41. The Morgan fingerprint density at radius 1 is 0.667 bits per heavy atom. The maximum Gasteiger partial charge on any atom is 0.258 e. The number of rotatable bonds is 8. The van der Waals surface area contributed by atoms with Gasteiger partial charge in [-0.15, -0.1) is 0 Å². The molecule has 0 aliphatic carbocycles. The van der Waals surface area contributed by atoms with Gasteiger partial charge in [-0.1, -0.05) is 58.9 Å². The van der Waals surface area contributed by atoms with Crippen LogP contribution in [-0.4, -0.2) is 23.6 Å². The Labute approximate surface area is 213 Å². The van der Waals surface area contributed by atoms with E-state index in [1.807, 2.05) is 34.6 Å². The van der Waals surface area contributed by atoms with Crippen molar-refractivity contribution in [3.8, 4) is 0 Å². The van der Waals surface area contributed by atoms with Gasteiger partial charge >= 0.3 is 0 Å². The van der Waals surface area contributed by atoms with E-state index in [1.54, 1.807) is 0 Å². The molecule has 1 saturated heterocycles. The first-order valence-electron chi connectivity index (χ1n) is 13.0. The van der Waals surface area contributed by atoms with Crippen molar-refractivity contribution in [1.82, 2.24) is 0 Å². The summed E-state index contributed by atoms with van der Waals surface area (Å²) in [5, 5.41) is 0. The molecule has 4 rings (SSSR count). The molecule has 2 aliphatic heterocycles. The van der Waals surface area contributed by atoms with E-state index in [1.165, 1.54) is 22.0 Å². The molecule has 1 unspecified atom stereocenters. The highest BCUT2D eigenvalue weighted by Crippen LogP contribution is 2.36. The van der Waals surface area contributed by atoms with Crippen molar-refractivity contribution in [2.24, 2.45) is 5.92 Å². The van der Waals surface area contributed by atoms with Crippen molar-refractivity contribution >= 4 is 35.0 Å². The third kappa shape index (κ3) is 4.41. The quantitative estimate of drug-likeness (QED) is 0.500. The summed E-state index contributed by atoms with van der Waals surface area (Å²) in [7, 11) is 0. The van der Waals surface area contributed by atoms with E-state index in [0.717, 1.165) is 39.1 Å². The monoisotopic (exact) mass is 486 g/mol. The van der Waals surface area contributed by atoms with Crippen LogP contribution in [0.1, 0.15) is 74.4 Å². The SMILES string of the molecule is CCc1cc(Cc2cc(CC)c(N3C(=O)CC(C)C3=O)c(CC)c2)cc(CC)c1N1C(=O)C=CC1=O. The summed E-state index contributed by atoms with van der Waals surface area (Å²) >= 11 is 0. The lowest BCUT2D eigenvalue weighted by Crippen LogP contribution is -2.32. The van der Waals surface area contributed by atoms with Crippen LogP contribution in [0.15, 0.2) is 36.4 Å². The predicted molar refractivity (Wildman–Crippen MR) is 141 cm³/mol. The molecule has 1 fully saturated rings. The molecule has 6 nitrogen and oxygen atoms in total. The largest absolute Gasteiger partial charge is 0.274 e. The molecule has 6 heteroatoms. The van der Waals surface area contributed by atoms with Crippen LogP contribution in [0.2, 0.25) is 0 Å². The molecular formula is C30H34N2O4. The van der Waals surface area contributed by atoms with Crippen molar-refractivity contribution < 1.29 is 19.2 Å². The molecule has 4 amide bonds. The minimum absolute atomic E-state index is 0.117. The lowest BCUT2D eigenvalue weighted by atomic mass is 9.92. The Morgan fingerprint density at radius 3 is 1.39 bits per heavy atom. The third-order valence-electron chi connectivity index (χ3n) is 7.22. The highest BCUT2D eigenvalue weighted by molar-refractivity contribution is 6.28. The van der Waals surface area contributed by atoms with Gasteiger partial charge in [0, 0.05) is 24.5 Å². The van der Waals surface area contributed by atoms with Gasteiger partial charge in [0.25, 0.3) is 11.8 Å². The zero-order valence-corrected chi connectivity index (χ0v) is 21.8. The molecule has 2 aromatic carbocycles. The lowest BCUT2D eigenvalue weighted by molar-refractivity contribution is -0.123. The molecular weight excluding hydrogens is 452 g/mol. The summed E-state index contributed by atoms with van der Waals surface area (Å²) in [4.78, 5) is 53.0. The van der Waals surface area contributed by atoms with E-state index in [4.69, 9.17) is 0 Å². The minimum Gasteiger partial charge on any atom is -0.274 e. The second kappa shape index (κ2) is 10.2. The number of amides is 4. The molecule has 0 N–H and O–H groups in total. The summed E-state index contributed by atoms with van der Waals surface area (Å²) in [5.74, 6) is -1.12. The van der Waals surface area contributed by atoms with Crippen molar-refractivity contribution in [1.29, 1.82) is 0 Å². The predicted octanol–water partition coefficient (Wildman–Crippen LogP) is 4.86. The van der Waals surface area contributed by atoms with Crippen LogP contribution in [-0.2, 0) is 51.3 Å². The van der Waals surface area contributed by atoms with E-state index in [9.17, 15) is 19.2 Å². The number of anilines is 2. The highest BCUT2D eigenvalue weighted by Gasteiger charge is 2.38. The first-order valence-corrected chi connectivity index (χ1v) is 13.0. The van der Waals surface area contributed by atoms with Crippen LogP contribution in [0.5, 0.6) is 0 Å². The van der Waals surface area contributed by atoms with Crippen molar-refractivity contribution in [2.75, 3.05) is 9.80 Å². The number of carbonyl (C=O) groups is 4. The second-order valence-electron chi connectivity index (χ2n) is 9.63. The molecule has 2 aromatic rings. The average molecular weight is 487 g/mol. The molecule has 2 aliphatic rings. The molecule has 0 spiro atoms.